The van der Waals surface area contributed by atoms with Crippen molar-refractivity contribution in [2.75, 3.05) is 39.5 Å². The molecule has 0 bridgehead atoms. The molecule has 0 aromatic heterocycles. The molecule has 1 atom stereocenters. The molecule has 1 aliphatic heterocycles. The van der Waals surface area contributed by atoms with Gasteiger partial charge in [-0.3, -0.25) is 4.90 Å². The quantitative estimate of drug-likeness (QED) is 0.662. The molecule has 3 rings (SSSR count). The second kappa shape index (κ2) is 9.98. The molecule has 2 aromatic carbocycles. The largest absolute Gasteiger partial charge is 0.462 e. The summed E-state index contributed by atoms with van der Waals surface area (Å²) in [5.74, 6) is -0.542. The highest BCUT2D eigenvalue weighted by atomic mass is 32.2. The van der Waals surface area contributed by atoms with E-state index in [0.717, 1.165) is 18.7 Å². The highest BCUT2D eigenvalue weighted by Crippen LogP contribution is 2.22. The number of nitrogens with one attached hydrogen (secondary N) is 1. The molecule has 1 saturated heterocycles. The maximum atomic E-state index is 12.9. The van der Waals surface area contributed by atoms with Crippen molar-refractivity contribution in [2.45, 2.75) is 17.9 Å². The summed E-state index contributed by atoms with van der Waals surface area (Å²) in [7, 11) is -3.79. The van der Waals surface area contributed by atoms with Gasteiger partial charge in [0.05, 0.1) is 30.3 Å². The summed E-state index contributed by atoms with van der Waals surface area (Å²) in [6.45, 7) is 4.87. The van der Waals surface area contributed by atoms with Crippen molar-refractivity contribution in [1.29, 1.82) is 0 Å². The van der Waals surface area contributed by atoms with E-state index < -0.39 is 16.0 Å². The Morgan fingerprint density at radius 2 is 1.86 bits per heavy atom. The van der Waals surface area contributed by atoms with E-state index in [2.05, 4.69) is 9.62 Å². The van der Waals surface area contributed by atoms with Gasteiger partial charge in [0, 0.05) is 25.7 Å². The van der Waals surface area contributed by atoms with Gasteiger partial charge in [0.2, 0.25) is 10.0 Å². The third kappa shape index (κ3) is 5.63. The molecule has 0 amide bonds. The van der Waals surface area contributed by atoms with Gasteiger partial charge in [-0.25, -0.2) is 17.9 Å². The number of morpholine rings is 1. The zero-order chi connectivity index (χ0) is 20.7. The number of carbonyl (C=O) groups excluding carboxylic acids is 1. The molecule has 2 aromatic rings. The minimum Gasteiger partial charge on any atom is -0.462 e. The predicted molar refractivity (Wildman–Crippen MR) is 109 cm³/mol. The van der Waals surface area contributed by atoms with Crippen molar-refractivity contribution >= 4 is 16.0 Å². The minimum absolute atomic E-state index is 0.0387. The van der Waals surface area contributed by atoms with Crippen molar-refractivity contribution in [1.82, 2.24) is 9.62 Å². The molecule has 7 nitrogen and oxygen atoms in total. The maximum absolute atomic E-state index is 12.9. The summed E-state index contributed by atoms with van der Waals surface area (Å²) in [5.41, 5.74) is 1.25. The van der Waals surface area contributed by atoms with Crippen LogP contribution in [0.2, 0.25) is 0 Å². The van der Waals surface area contributed by atoms with E-state index >= 15 is 0 Å². The molecule has 0 radical (unpaired) electrons. The van der Waals surface area contributed by atoms with Gasteiger partial charge in [-0.1, -0.05) is 36.4 Å². The lowest BCUT2D eigenvalue weighted by Crippen LogP contribution is -2.43. The van der Waals surface area contributed by atoms with Crippen LogP contribution >= 0.6 is 0 Å². The first-order valence-electron chi connectivity index (χ1n) is 9.65. The van der Waals surface area contributed by atoms with Crippen LogP contribution in [-0.2, 0) is 19.5 Å². The monoisotopic (exact) mass is 418 g/mol. The van der Waals surface area contributed by atoms with Crippen molar-refractivity contribution < 1.29 is 22.7 Å². The molecule has 0 aliphatic carbocycles. The minimum atomic E-state index is -3.79. The molecule has 0 spiro atoms. The van der Waals surface area contributed by atoms with Crippen LogP contribution in [0.4, 0.5) is 0 Å². The lowest BCUT2D eigenvalue weighted by molar-refractivity contribution is 0.0172. The standard InChI is InChI=1S/C21H26N2O5S/c1-2-28-21(24)18-9-6-10-19(15-18)29(25,26)22-16-20(17-7-4-3-5-8-17)23-11-13-27-14-12-23/h3-10,15,20,22H,2,11-14,16H2,1H3. The van der Waals surface area contributed by atoms with Crippen LogP contribution in [0, 0.1) is 0 Å². The zero-order valence-electron chi connectivity index (χ0n) is 16.4. The zero-order valence-corrected chi connectivity index (χ0v) is 17.2. The van der Waals surface area contributed by atoms with Crippen LogP contribution in [0.25, 0.3) is 0 Å². The third-order valence-electron chi connectivity index (χ3n) is 4.79. The highest BCUT2D eigenvalue weighted by molar-refractivity contribution is 7.89. The number of hydrogen-bond donors (Lipinski definition) is 1. The molecule has 1 N–H and O–H groups in total. The lowest BCUT2D eigenvalue weighted by Gasteiger charge is -2.34. The lowest BCUT2D eigenvalue weighted by atomic mass is 10.1. The van der Waals surface area contributed by atoms with E-state index in [-0.39, 0.29) is 29.7 Å². The number of carbonyl (C=O) groups is 1. The summed E-state index contributed by atoms with van der Waals surface area (Å²) >= 11 is 0. The molecule has 29 heavy (non-hydrogen) atoms. The van der Waals surface area contributed by atoms with Crippen LogP contribution in [0.5, 0.6) is 0 Å². The topological polar surface area (TPSA) is 84.9 Å². The number of benzene rings is 2. The van der Waals surface area contributed by atoms with Crippen LogP contribution in [0.1, 0.15) is 28.9 Å². The fourth-order valence-corrected chi connectivity index (χ4v) is 4.38. The number of hydrogen-bond acceptors (Lipinski definition) is 6. The van der Waals surface area contributed by atoms with Gasteiger partial charge in [-0.05, 0) is 30.7 Å². The molecule has 8 heteroatoms. The predicted octanol–water partition coefficient (Wildman–Crippen LogP) is 2.22. The summed E-state index contributed by atoms with van der Waals surface area (Å²) in [5, 5.41) is 0. The third-order valence-corrected chi connectivity index (χ3v) is 6.21. The second-order valence-corrected chi connectivity index (χ2v) is 8.44. The molecule has 156 valence electrons. The number of esters is 1. The number of sulfonamides is 1. The molecular formula is C21H26N2O5S. The molecule has 1 fully saturated rings. The number of rotatable bonds is 8. The SMILES string of the molecule is CCOC(=O)c1cccc(S(=O)(=O)NCC(c2ccccc2)N2CCOCC2)c1. The van der Waals surface area contributed by atoms with E-state index in [1.165, 1.54) is 24.3 Å². The molecule has 0 saturated carbocycles. The van der Waals surface area contributed by atoms with E-state index in [4.69, 9.17) is 9.47 Å². The fourth-order valence-electron chi connectivity index (χ4n) is 3.30. The average Bonchev–Trinajstić information content (AvgIpc) is 2.76. The summed E-state index contributed by atoms with van der Waals surface area (Å²) in [4.78, 5) is 14.2. The summed E-state index contributed by atoms with van der Waals surface area (Å²) in [6.07, 6.45) is 0. The van der Waals surface area contributed by atoms with E-state index in [1.807, 2.05) is 30.3 Å². The Morgan fingerprint density at radius 3 is 2.55 bits per heavy atom. The molecule has 1 unspecified atom stereocenters. The Morgan fingerprint density at radius 1 is 1.14 bits per heavy atom. The highest BCUT2D eigenvalue weighted by Gasteiger charge is 2.25. The Kier molecular flexibility index (Phi) is 7.38. The number of ether oxygens (including phenoxy) is 2. The van der Waals surface area contributed by atoms with Crippen molar-refractivity contribution in [3.05, 3.63) is 65.7 Å². The van der Waals surface area contributed by atoms with Crippen LogP contribution in [-0.4, -0.2) is 58.7 Å². The fraction of sp³-hybridized carbons (Fsp3) is 0.381. The Hall–Kier alpha value is -2.26. The first-order chi connectivity index (χ1) is 14.0. The van der Waals surface area contributed by atoms with Crippen LogP contribution in [0.15, 0.2) is 59.5 Å². The molecule has 1 heterocycles. The van der Waals surface area contributed by atoms with Gasteiger partial charge in [0.25, 0.3) is 0 Å². The first kappa shape index (κ1) is 21.4. The van der Waals surface area contributed by atoms with Crippen molar-refractivity contribution in [2.24, 2.45) is 0 Å². The average molecular weight is 419 g/mol. The van der Waals surface area contributed by atoms with Gasteiger partial charge in [-0.2, -0.15) is 0 Å². The summed E-state index contributed by atoms with van der Waals surface area (Å²) < 4.78 is 38.9. The normalized spacial score (nSPS) is 16.3. The molecular weight excluding hydrogens is 392 g/mol. The second-order valence-electron chi connectivity index (χ2n) is 6.68. The van der Waals surface area contributed by atoms with Gasteiger partial charge in [0.1, 0.15) is 0 Å². The maximum Gasteiger partial charge on any atom is 0.338 e. The Balaban J connectivity index is 1.77. The van der Waals surface area contributed by atoms with Crippen molar-refractivity contribution in [3.8, 4) is 0 Å². The van der Waals surface area contributed by atoms with E-state index in [1.54, 1.807) is 6.92 Å². The van der Waals surface area contributed by atoms with E-state index in [9.17, 15) is 13.2 Å². The van der Waals surface area contributed by atoms with Crippen LogP contribution in [0.3, 0.4) is 0 Å². The van der Waals surface area contributed by atoms with Crippen LogP contribution < -0.4 is 4.72 Å². The molecule has 1 aliphatic rings. The van der Waals surface area contributed by atoms with Gasteiger partial charge in [0.15, 0.2) is 0 Å². The smallest absolute Gasteiger partial charge is 0.338 e. The summed E-state index contributed by atoms with van der Waals surface area (Å²) in [6, 6.07) is 15.6. The van der Waals surface area contributed by atoms with Gasteiger partial charge < -0.3 is 9.47 Å². The van der Waals surface area contributed by atoms with E-state index in [0.29, 0.717) is 13.2 Å². The van der Waals surface area contributed by atoms with Gasteiger partial charge >= 0.3 is 5.97 Å². The number of nitrogens with zero attached hydrogens (tertiary/aromatic N) is 1. The van der Waals surface area contributed by atoms with Gasteiger partial charge in [-0.15, -0.1) is 0 Å². The van der Waals surface area contributed by atoms with Crippen molar-refractivity contribution in [3.63, 3.8) is 0 Å². The Labute approximate surface area is 171 Å². The Bertz CT molecular complexity index is 912. The first-order valence-corrected chi connectivity index (χ1v) is 11.1.